The SMILES string of the molecule is COC(=O)[C@H](C[C@H]1C[C@@H](F)[C@@H](F)C1)NC(=O)OCc1ccccc1. The molecule has 1 aromatic rings. The maximum atomic E-state index is 13.3. The Balaban J connectivity index is 1.86. The van der Waals surface area contributed by atoms with E-state index in [0.717, 1.165) is 5.56 Å². The van der Waals surface area contributed by atoms with Gasteiger partial charge in [-0.3, -0.25) is 0 Å². The molecule has 1 aliphatic rings. The van der Waals surface area contributed by atoms with Gasteiger partial charge in [0.2, 0.25) is 0 Å². The van der Waals surface area contributed by atoms with Gasteiger partial charge in [-0.1, -0.05) is 30.3 Å². The predicted molar refractivity (Wildman–Crippen MR) is 82.7 cm³/mol. The Labute approximate surface area is 139 Å². The number of amides is 1. The average molecular weight is 341 g/mol. The maximum Gasteiger partial charge on any atom is 0.408 e. The van der Waals surface area contributed by atoms with Gasteiger partial charge in [0, 0.05) is 0 Å². The summed E-state index contributed by atoms with van der Waals surface area (Å²) in [5.41, 5.74) is 0.804. The third-order valence-corrected chi connectivity index (χ3v) is 4.07. The van der Waals surface area contributed by atoms with Gasteiger partial charge in [0.25, 0.3) is 0 Å². The highest BCUT2D eigenvalue weighted by Crippen LogP contribution is 2.33. The number of carbonyl (C=O) groups excluding carboxylic acids is 2. The molecule has 4 atom stereocenters. The Hall–Kier alpha value is -2.18. The van der Waals surface area contributed by atoms with Gasteiger partial charge < -0.3 is 14.8 Å². The van der Waals surface area contributed by atoms with Crippen molar-refractivity contribution in [3.05, 3.63) is 35.9 Å². The minimum atomic E-state index is -1.52. The zero-order valence-corrected chi connectivity index (χ0v) is 13.4. The molecule has 1 N–H and O–H groups in total. The van der Waals surface area contributed by atoms with Gasteiger partial charge in [-0.15, -0.1) is 0 Å². The molecule has 2 rings (SSSR count). The lowest BCUT2D eigenvalue weighted by atomic mass is 9.98. The first-order valence-electron chi connectivity index (χ1n) is 7.82. The Bertz CT molecular complexity index is 545. The molecule has 7 heteroatoms. The maximum absolute atomic E-state index is 13.3. The lowest BCUT2D eigenvalue weighted by Crippen LogP contribution is -2.42. The van der Waals surface area contributed by atoms with E-state index in [4.69, 9.17) is 4.74 Å². The Kier molecular flexibility index (Phi) is 6.52. The second-order valence-corrected chi connectivity index (χ2v) is 5.89. The van der Waals surface area contributed by atoms with Crippen LogP contribution in [0.3, 0.4) is 0 Å². The number of hydrogen-bond acceptors (Lipinski definition) is 4. The number of alkyl halides is 2. The molecule has 1 fully saturated rings. The zero-order chi connectivity index (χ0) is 17.5. The number of hydrogen-bond donors (Lipinski definition) is 1. The van der Waals surface area contributed by atoms with Crippen molar-refractivity contribution in [2.45, 2.75) is 44.3 Å². The van der Waals surface area contributed by atoms with Crippen molar-refractivity contribution >= 4 is 12.1 Å². The first kappa shape index (κ1) is 18.2. The van der Waals surface area contributed by atoms with E-state index in [1.807, 2.05) is 18.2 Å². The van der Waals surface area contributed by atoms with Crippen molar-refractivity contribution in [3.8, 4) is 0 Å². The quantitative estimate of drug-likeness (QED) is 0.808. The molecule has 5 nitrogen and oxygen atoms in total. The van der Waals surface area contributed by atoms with Crippen LogP contribution in [-0.4, -0.2) is 37.6 Å². The van der Waals surface area contributed by atoms with Crippen LogP contribution in [0.15, 0.2) is 30.3 Å². The molecule has 0 unspecified atom stereocenters. The van der Waals surface area contributed by atoms with Crippen LogP contribution in [0.2, 0.25) is 0 Å². The zero-order valence-electron chi connectivity index (χ0n) is 13.4. The highest BCUT2D eigenvalue weighted by molar-refractivity contribution is 5.81. The van der Waals surface area contributed by atoms with Crippen molar-refractivity contribution in [1.29, 1.82) is 0 Å². The average Bonchev–Trinajstić information content (AvgIpc) is 2.90. The molecule has 0 radical (unpaired) electrons. The van der Waals surface area contributed by atoms with Crippen molar-refractivity contribution < 1.29 is 27.8 Å². The predicted octanol–water partition coefficient (Wildman–Crippen LogP) is 2.93. The van der Waals surface area contributed by atoms with Gasteiger partial charge in [-0.2, -0.15) is 0 Å². The van der Waals surface area contributed by atoms with Crippen LogP contribution >= 0.6 is 0 Å². The number of carbonyl (C=O) groups is 2. The Morgan fingerprint density at radius 3 is 2.42 bits per heavy atom. The van der Waals surface area contributed by atoms with E-state index in [1.54, 1.807) is 12.1 Å². The highest BCUT2D eigenvalue weighted by Gasteiger charge is 2.37. The van der Waals surface area contributed by atoms with Crippen molar-refractivity contribution in [1.82, 2.24) is 5.32 Å². The standard InChI is InChI=1S/C17H21F2NO4/c1-23-16(21)15(9-12-7-13(18)14(19)8-12)20-17(22)24-10-11-5-3-2-4-6-11/h2-6,12-15H,7-10H2,1H3,(H,20,22)/t12-,13+,14-,15-/m0/s1. The fourth-order valence-electron chi connectivity index (χ4n) is 2.82. The number of halogens is 2. The molecular weight excluding hydrogens is 320 g/mol. The summed E-state index contributed by atoms with van der Waals surface area (Å²) in [4.78, 5) is 23.7. The van der Waals surface area contributed by atoms with E-state index < -0.39 is 30.4 Å². The summed E-state index contributed by atoms with van der Waals surface area (Å²) < 4.78 is 36.2. The van der Waals surface area contributed by atoms with E-state index in [0.29, 0.717) is 0 Å². The van der Waals surface area contributed by atoms with Crippen LogP contribution < -0.4 is 5.32 Å². The van der Waals surface area contributed by atoms with E-state index in [1.165, 1.54) is 7.11 Å². The molecule has 0 saturated heterocycles. The van der Waals surface area contributed by atoms with Crippen LogP contribution in [0.25, 0.3) is 0 Å². The van der Waals surface area contributed by atoms with Crippen LogP contribution in [-0.2, 0) is 20.9 Å². The van der Waals surface area contributed by atoms with Crippen LogP contribution in [0.4, 0.5) is 13.6 Å². The Morgan fingerprint density at radius 1 is 1.21 bits per heavy atom. The molecule has 0 heterocycles. The summed E-state index contributed by atoms with van der Waals surface area (Å²) in [5, 5.41) is 2.41. The molecule has 1 amide bonds. The molecule has 24 heavy (non-hydrogen) atoms. The third kappa shape index (κ3) is 5.18. The fourth-order valence-corrected chi connectivity index (χ4v) is 2.82. The first-order chi connectivity index (χ1) is 11.5. The summed E-state index contributed by atoms with van der Waals surface area (Å²) in [5.74, 6) is -0.988. The van der Waals surface area contributed by atoms with Crippen molar-refractivity contribution in [3.63, 3.8) is 0 Å². The fraction of sp³-hybridized carbons (Fsp3) is 0.529. The third-order valence-electron chi connectivity index (χ3n) is 4.07. The van der Waals surface area contributed by atoms with Gasteiger partial charge in [-0.05, 0) is 30.7 Å². The summed E-state index contributed by atoms with van der Waals surface area (Å²) in [6.07, 6.45) is -3.61. The summed E-state index contributed by atoms with van der Waals surface area (Å²) in [6, 6.07) is 8.08. The van der Waals surface area contributed by atoms with Gasteiger partial charge in [0.15, 0.2) is 0 Å². The molecule has 132 valence electrons. The van der Waals surface area contributed by atoms with E-state index in [-0.39, 0.29) is 31.8 Å². The monoisotopic (exact) mass is 341 g/mol. The van der Waals surface area contributed by atoms with Crippen LogP contribution in [0.1, 0.15) is 24.8 Å². The number of ether oxygens (including phenoxy) is 2. The molecule has 0 aliphatic heterocycles. The number of rotatable bonds is 6. The molecule has 1 aliphatic carbocycles. The number of alkyl carbamates (subject to hydrolysis) is 1. The smallest absolute Gasteiger partial charge is 0.408 e. The number of methoxy groups -OCH3 is 1. The lowest BCUT2D eigenvalue weighted by Gasteiger charge is -2.19. The summed E-state index contributed by atoms with van der Waals surface area (Å²) in [6.45, 7) is 0.0586. The topological polar surface area (TPSA) is 64.6 Å². The normalized spacial score (nSPS) is 24.2. The highest BCUT2D eigenvalue weighted by atomic mass is 19.2. The largest absolute Gasteiger partial charge is 0.467 e. The molecule has 1 saturated carbocycles. The first-order valence-corrected chi connectivity index (χ1v) is 7.82. The van der Waals surface area contributed by atoms with E-state index in [2.05, 4.69) is 10.1 Å². The second kappa shape index (κ2) is 8.61. The number of esters is 1. The summed E-state index contributed by atoms with van der Waals surface area (Å²) in [7, 11) is 1.19. The van der Waals surface area contributed by atoms with Crippen molar-refractivity contribution in [2.75, 3.05) is 7.11 Å². The number of benzene rings is 1. The van der Waals surface area contributed by atoms with E-state index >= 15 is 0 Å². The van der Waals surface area contributed by atoms with Gasteiger partial charge in [-0.25, -0.2) is 18.4 Å². The second-order valence-electron chi connectivity index (χ2n) is 5.89. The lowest BCUT2D eigenvalue weighted by molar-refractivity contribution is -0.143. The van der Waals surface area contributed by atoms with Crippen LogP contribution in [0.5, 0.6) is 0 Å². The molecule has 1 aromatic carbocycles. The van der Waals surface area contributed by atoms with Gasteiger partial charge in [0.1, 0.15) is 25.0 Å². The van der Waals surface area contributed by atoms with Gasteiger partial charge >= 0.3 is 12.1 Å². The Morgan fingerprint density at radius 2 is 1.83 bits per heavy atom. The molecule has 0 bridgehead atoms. The van der Waals surface area contributed by atoms with Crippen LogP contribution in [0, 0.1) is 5.92 Å². The number of nitrogens with one attached hydrogen (secondary N) is 1. The minimum Gasteiger partial charge on any atom is -0.467 e. The summed E-state index contributed by atoms with van der Waals surface area (Å²) >= 11 is 0. The molecule has 0 spiro atoms. The van der Waals surface area contributed by atoms with Gasteiger partial charge in [0.05, 0.1) is 7.11 Å². The van der Waals surface area contributed by atoms with E-state index in [9.17, 15) is 18.4 Å². The minimum absolute atomic E-state index is 0.0371. The van der Waals surface area contributed by atoms with Crippen molar-refractivity contribution in [2.24, 2.45) is 5.92 Å². The molecular formula is C17H21F2NO4. The molecule has 0 aromatic heterocycles.